The summed E-state index contributed by atoms with van der Waals surface area (Å²) >= 11 is 0. The molecule has 0 spiro atoms. The SMILES string of the molecule is CC/C=C\C/C=C\C/C=C\CC(=O)OCC(COC(=O)CCCCCCC/C=C\C=C/CCCCCCCCC)OC(=O)CCCCCCCCCCCCCC. The van der Waals surface area contributed by atoms with Crippen LogP contribution in [0.5, 0.6) is 0 Å². The van der Waals surface area contributed by atoms with Crippen LogP contribution >= 0.6 is 0 Å². The molecule has 0 aromatic rings. The average Bonchev–Trinajstić information content (AvgIpc) is 3.21. The van der Waals surface area contributed by atoms with Crippen molar-refractivity contribution in [1.29, 1.82) is 0 Å². The fourth-order valence-corrected chi connectivity index (χ4v) is 6.49. The van der Waals surface area contributed by atoms with Crippen molar-refractivity contribution in [3.63, 3.8) is 0 Å². The third kappa shape index (κ3) is 44.1. The molecule has 0 saturated carbocycles. The van der Waals surface area contributed by atoms with Gasteiger partial charge < -0.3 is 14.2 Å². The maximum Gasteiger partial charge on any atom is 0.309 e. The lowest BCUT2D eigenvalue weighted by Gasteiger charge is -2.18. The van der Waals surface area contributed by atoms with Gasteiger partial charge in [-0.1, -0.05) is 210 Å². The molecule has 0 amide bonds. The predicted octanol–water partition coefficient (Wildman–Crippen LogP) is 15.3. The number of carbonyl (C=O) groups excluding carboxylic acids is 3. The second kappa shape index (κ2) is 45.8. The van der Waals surface area contributed by atoms with Crippen LogP contribution in [0.25, 0.3) is 0 Å². The lowest BCUT2D eigenvalue weighted by Crippen LogP contribution is -2.30. The van der Waals surface area contributed by atoms with Gasteiger partial charge in [-0.15, -0.1) is 0 Å². The highest BCUT2D eigenvalue weighted by Crippen LogP contribution is 2.14. The van der Waals surface area contributed by atoms with E-state index in [1.54, 1.807) is 6.08 Å². The van der Waals surface area contributed by atoms with Crippen LogP contribution in [0, 0.1) is 0 Å². The van der Waals surface area contributed by atoms with E-state index in [1.807, 2.05) is 6.08 Å². The normalized spacial score (nSPS) is 12.5. The van der Waals surface area contributed by atoms with Crippen LogP contribution in [-0.4, -0.2) is 37.2 Å². The van der Waals surface area contributed by atoms with Gasteiger partial charge in [-0.3, -0.25) is 14.4 Å². The summed E-state index contributed by atoms with van der Waals surface area (Å²) < 4.78 is 16.6. The molecular weight excluding hydrogens is 709 g/mol. The first-order valence-corrected chi connectivity index (χ1v) is 23.8. The fourth-order valence-electron chi connectivity index (χ4n) is 6.49. The monoisotopic (exact) mass is 797 g/mol. The summed E-state index contributed by atoms with van der Waals surface area (Å²) in [6, 6.07) is 0. The number of ether oxygens (including phenoxy) is 3. The van der Waals surface area contributed by atoms with Crippen molar-refractivity contribution in [1.82, 2.24) is 0 Å². The summed E-state index contributed by atoms with van der Waals surface area (Å²) in [6.07, 6.45) is 55.3. The summed E-state index contributed by atoms with van der Waals surface area (Å²) in [5.74, 6) is -1.05. The first-order chi connectivity index (χ1) is 28.0. The Morgan fingerprint density at radius 3 is 1.26 bits per heavy atom. The Hall–Kier alpha value is -2.89. The minimum atomic E-state index is -0.811. The van der Waals surface area contributed by atoms with Crippen molar-refractivity contribution < 1.29 is 28.6 Å². The van der Waals surface area contributed by atoms with Crippen LogP contribution in [-0.2, 0) is 28.6 Å². The van der Waals surface area contributed by atoms with Gasteiger partial charge >= 0.3 is 17.9 Å². The number of carbonyl (C=O) groups is 3. The van der Waals surface area contributed by atoms with Gasteiger partial charge in [-0.25, -0.2) is 0 Å². The Labute approximate surface area is 351 Å². The van der Waals surface area contributed by atoms with Crippen molar-refractivity contribution in [2.45, 2.75) is 232 Å². The van der Waals surface area contributed by atoms with E-state index in [-0.39, 0.29) is 31.6 Å². The van der Waals surface area contributed by atoms with Crippen LogP contribution in [0.4, 0.5) is 0 Å². The quantitative estimate of drug-likeness (QED) is 0.0201. The molecule has 0 aromatic heterocycles. The van der Waals surface area contributed by atoms with Crippen LogP contribution in [0.15, 0.2) is 60.8 Å². The standard InChI is InChI=1S/C51H88O6/c1-4-7-10-13-16-19-21-23-24-25-26-27-28-30-32-35-38-41-44-50(53)56-47-48(46-55-49(52)43-40-37-34-31-18-15-12-9-6-3)57-51(54)45-42-39-36-33-29-22-20-17-14-11-8-5-2/h9,12,18,24-27,31,37,40,48H,4-8,10-11,13-17,19-23,28-30,32-36,38-39,41-47H2,1-3H3/b12-9-,25-24-,27-26-,31-18-,40-37-. The molecule has 1 unspecified atom stereocenters. The molecule has 0 bridgehead atoms. The molecule has 0 aliphatic carbocycles. The number of hydrogen-bond acceptors (Lipinski definition) is 6. The van der Waals surface area contributed by atoms with Gasteiger partial charge in [0.2, 0.25) is 0 Å². The van der Waals surface area contributed by atoms with E-state index in [2.05, 4.69) is 69.4 Å². The molecule has 0 radical (unpaired) electrons. The predicted molar refractivity (Wildman–Crippen MR) is 242 cm³/mol. The Balaban J connectivity index is 4.39. The summed E-state index contributed by atoms with van der Waals surface area (Å²) in [4.78, 5) is 37.6. The highest BCUT2D eigenvalue weighted by molar-refractivity contribution is 5.72. The van der Waals surface area contributed by atoms with Gasteiger partial charge in [0.15, 0.2) is 6.10 Å². The number of esters is 3. The molecule has 0 aliphatic heterocycles. The zero-order chi connectivity index (χ0) is 41.5. The molecule has 0 aromatic carbocycles. The highest BCUT2D eigenvalue weighted by Gasteiger charge is 2.19. The Kier molecular flexibility index (Phi) is 43.5. The zero-order valence-corrected chi connectivity index (χ0v) is 37.3. The lowest BCUT2D eigenvalue weighted by atomic mass is 10.0. The third-order valence-electron chi connectivity index (χ3n) is 10.1. The molecule has 57 heavy (non-hydrogen) atoms. The van der Waals surface area contributed by atoms with Gasteiger partial charge in [0, 0.05) is 12.8 Å². The van der Waals surface area contributed by atoms with E-state index in [1.165, 1.54) is 109 Å². The van der Waals surface area contributed by atoms with Gasteiger partial charge in [0.05, 0.1) is 6.42 Å². The summed E-state index contributed by atoms with van der Waals surface area (Å²) in [7, 11) is 0. The van der Waals surface area contributed by atoms with Crippen LogP contribution in [0.1, 0.15) is 226 Å². The average molecular weight is 797 g/mol. The van der Waals surface area contributed by atoms with Gasteiger partial charge in [0.1, 0.15) is 13.2 Å². The Bertz CT molecular complexity index is 1050. The number of allylic oxidation sites excluding steroid dienone is 9. The zero-order valence-electron chi connectivity index (χ0n) is 37.3. The van der Waals surface area contributed by atoms with Crippen molar-refractivity contribution in [2.75, 3.05) is 13.2 Å². The number of rotatable bonds is 42. The van der Waals surface area contributed by atoms with Gasteiger partial charge in [0.25, 0.3) is 0 Å². The molecule has 328 valence electrons. The van der Waals surface area contributed by atoms with Crippen LogP contribution in [0.2, 0.25) is 0 Å². The number of hydrogen-bond donors (Lipinski definition) is 0. The van der Waals surface area contributed by atoms with E-state index < -0.39 is 12.1 Å². The largest absolute Gasteiger partial charge is 0.462 e. The summed E-state index contributed by atoms with van der Waals surface area (Å²) in [5.41, 5.74) is 0. The van der Waals surface area contributed by atoms with E-state index in [0.29, 0.717) is 12.8 Å². The van der Waals surface area contributed by atoms with E-state index in [9.17, 15) is 14.4 Å². The molecule has 0 aliphatic rings. The van der Waals surface area contributed by atoms with Crippen molar-refractivity contribution >= 4 is 17.9 Å². The summed E-state index contributed by atoms with van der Waals surface area (Å²) in [6.45, 7) is 6.39. The molecule has 0 rings (SSSR count). The topological polar surface area (TPSA) is 78.9 Å². The molecule has 0 saturated heterocycles. The van der Waals surface area contributed by atoms with Crippen molar-refractivity contribution in [3.8, 4) is 0 Å². The molecular formula is C51H88O6. The third-order valence-corrected chi connectivity index (χ3v) is 10.1. The van der Waals surface area contributed by atoms with Gasteiger partial charge in [-0.2, -0.15) is 0 Å². The smallest absolute Gasteiger partial charge is 0.309 e. The second-order valence-corrected chi connectivity index (χ2v) is 15.7. The molecule has 0 heterocycles. The maximum absolute atomic E-state index is 12.7. The van der Waals surface area contributed by atoms with E-state index >= 15 is 0 Å². The van der Waals surface area contributed by atoms with Crippen LogP contribution < -0.4 is 0 Å². The van der Waals surface area contributed by atoms with Crippen molar-refractivity contribution in [2.24, 2.45) is 0 Å². The lowest BCUT2D eigenvalue weighted by molar-refractivity contribution is -0.166. The van der Waals surface area contributed by atoms with Crippen LogP contribution in [0.3, 0.4) is 0 Å². The molecule has 0 fully saturated rings. The minimum Gasteiger partial charge on any atom is -0.462 e. The maximum atomic E-state index is 12.7. The number of unbranched alkanes of at least 4 members (excludes halogenated alkanes) is 23. The highest BCUT2D eigenvalue weighted by atomic mass is 16.6. The second-order valence-electron chi connectivity index (χ2n) is 15.7. The minimum absolute atomic E-state index is 0.108. The fraction of sp³-hybridized carbons (Fsp3) is 0.745. The molecule has 6 nitrogen and oxygen atoms in total. The van der Waals surface area contributed by atoms with E-state index in [4.69, 9.17) is 14.2 Å². The van der Waals surface area contributed by atoms with Gasteiger partial charge in [-0.05, 0) is 57.8 Å². The molecule has 0 N–H and O–H groups in total. The summed E-state index contributed by atoms with van der Waals surface area (Å²) in [5, 5.41) is 0. The molecule has 6 heteroatoms. The van der Waals surface area contributed by atoms with Crippen molar-refractivity contribution in [3.05, 3.63) is 60.8 Å². The molecule has 1 atom stereocenters. The first-order valence-electron chi connectivity index (χ1n) is 23.8. The van der Waals surface area contributed by atoms with E-state index in [0.717, 1.165) is 77.0 Å². The Morgan fingerprint density at radius 2 is 0.789 bits per heavy atom. The Morgan fingerprint density at radius 1 is 0.404 bits per heavy atom. The first kappa shape index (κ1) is 54.1.